The molecule has 2 aliphatic rings. The van der Waals surface area contributed by atoms with Crippen molar-refractivity contribution in [3.05, 3.63) is 22.4 Å². The van der Waals surface area contributed by atoms with Crippen LogP contribution in [0.3, 0.4) is 0 Å². The molecule has 2 fully saturated rings. The molecule has 0 bridgehead atoms. The maximum atomic E-state index is 11.0. The number of aliphatic hydroxyl groups excluding tert-OH is 2. The number of rotatable bonds is 14. The summed E-state index contributed by atoms with van der Waals surface area (Å²) in [6.45, 7) is 0. The van der Waals surface area contributed by atoms with Gasteiger partial charge in [-0.1, -0.05) is 38.2 Å². The van der Waals surface area contributed by atoms with Gasteiger partial charge in [-0.25, -0.2) is 0 Å². The lowest BCUT2D eigenvalue weighted by Gasteiger charge is -2.45. The van der Waals surface area contributed by atoms with Crippen molar-refractivity contribution in [1.82, 2.24) is 0 Å². The van der Waals surface area contributed by atoms with Crippen LogP contribution in [-0.4, -0.2) is 39.7 Å². The van der Waals surface area contributed by atoms with Gasteiger partial charge >= 0.3 is 5.97 Å². The minimum absolute atomic E-state index is 0.0463. The zero-order valence-corrected chi connectivity index (χ0v) is 19.4. The molecule has 1 aromatic rings. The number of carbonyl (C=O) groups is 1. The van der Waals surface area contributed by atoms with E-state index in [1.165, 1.54) is 17.5 Å². The number of hydrogen-bond donors (Lipinski definition) is 4. The maximum absolute atomic E-state index is 11.0. The molecule has 0 aromatic carbocycles. The van der Waals surface area contributed by atoms with Gasteiger partial charge in [0.05, 0.1) is 12.2 Å². The van der Waals surface area contributed by atoms with E-state index >= 15 is 0 Å². The van der Waals surface area contributed by atoms with Crippen LogP contribution in [0.15, 0.2) is 17.5 Å². The molecule has 0 radical (unpaired) electrons. The fraction of sp³-hybridized carbons (Fsp3) is 0.760. The molecular formula is C25H39NO4S. The Morgan fingerprint density at radius 3 is 2.55 bits per heavy atom. The number of hydrogen-bond acceptors (Lipinski definition) is 5. The molecule has 0 spiro atoms. The van der Waals surface area contributed by atoms with Crippen LogP contribution >= 0.6 is 11.3 Å². The quantitative estimate of drug-likeness (QED) is 0.226. The van der Waals surface area contributed by atoms with Crippen LogP contribution in [0.1, 0.15) is 88.3 Å². The highest BCUT2D eigenvalue weighted by Crippen LogP contribution is 2.50. The first-order valence-corrected chi connectivity index (χ1v) is 13.0. The van der Waals surface area contributed by atoms with Gasteiger partial charge in [-0.3, -0.25) is 4.79 Å². The predicted molar refractivity (Wildman–Crippen MR) is 125 cm³/mol. The van der Waals surface area contributed by atoms with Gasteiger partial charge in [-0.2, -0.15) is 0 Å². The third-order valence-electron chi connectivity index (χ3n) is 7.91. The summed E-state index contributed by atoms with van der Waals surface area (Å²) in [4.78, 5) is 11.9. The van der Waals surface area contributed by atoms with Gasteiger partial charge in [-0.15, -0.1) is 11.3 Å². The van der Waals surface area contributed by atoms with Crippen LogP contribution < -0.4 is 0 Å². The smallest absolute Gasteiger partial charge is 0.303 e. The topological polar surface area (TPSA) is 102 Å². The van der Waals surface area contributed by atoms with E-state index in [1.807, 2.05) is 0 Å². The molecule has 2 aliphatic carbocycles. The van der Waals surface area contributed by atoms with Gasteiger partial charge in [0.15, 0.2) is 0 Å². The molecule has 3 unspecified atom stereocenters. The summed E-state index contributed by atoms with van der Waals surface area (Å²) < 4.78 is 0. The lowest BCUT2D eigenvalue weighted by molar-refractivity contribution is -0.137. The Morgan fingerprint density at radius 1 is 1.19 bits per heavy atom. The van der Waals surface area contributed by atoms with Gasteiger partial charge < -0.3 is 20.7 Å². The van der Waals surface area contributed by atoms with Gasteiger partial charge in [0, 0.05) is 16.7 Å². The molecule has 3 rings (SSSR count). The molecule has 4 N–H and O–H groups in total. The highest BCUT2D eigenvalue weighted by atomic mass is 32.1. The molecular weight excluding hydrogens is 410 g/mol. The normalized spacial score (nSPS) is 28.2. The average Bonchev–Trinajstić information content (AvgIpc) is 3.33. The van der Waals surface area contributed by atoms with Crippen molar-refractivity contribution in [2.75, 3.05) is 0 Å². The monoisotopic (exact) mass is 449 g/mol. The molecule has 0 amide bonds. The van der Waals surface area contributed by atoms with E-state index in [4.69, 9.17) is 10.5 Å². The van der Waals surface area contributed by atoms with Crippen molar-refractivity contribution in [1.29, 1.82) is 5.41 Å². The Bertz CT molecular complexity index is 688. The number of aliphatic carboxylic acids is 1. The number of unbranched alkanes of at least 4 members (excludes halogenated alkanes) is 3. The summed E-state index contributed by atoms with van der Waals surface area (Å²) in [6.07, 6.45) is 12.4. The molecule has 1 aromatic heterocycles. The predicted octanol–water partition coefficient (Wildman–Crippen LogP) is 5.39. The summed E-state index contributed by atoms with van der Waals surface area (Å²) >= 11 is 1.76. The zero-order chi connectivity index (χ0) is 22.3. The van der Waals surface area contributed by atoms with Crippen molar-refractivity contribution in [2.45, 2.75) is 101 Å². The largest absolute Gasteiger partial charge is 0.481 e. The van der Waals surface area contributed by atoms with Crippen LogP contribution in [0.5, 0.6) is 0 Å². The first kappa shape index (κ1) is 24.4. The molecule has 0 aliphatic heterocycles. The molecule has 1 heterocycles. The van der Waals surface area contributed by atoms with Gasteiger partial charge in [0.2, 0.25) is 0 Å². The van der Waals surface area contributed by atoms with Crippen molar-refractivity contribution in [3.8, 4) is 0 Å². The van der Waals surface area contributed by atoms with Crippen LogP contribution in [-0.2, 0) is 10.2 Å². The molecule has 5 nitrogen and oxygen atoms in total. The second-order valence-corrected chi connectivity index (χ2v) is 10.7. The van der Waals surface area contributed by atoms with Crippen LogP contribution in [0.4, 0.5) is 0 Å². The number of nitrogens with one attached hydrogen (secondary N) is 1. The van der Waals surface area contributed by atoms with Crippen molar-refractivity contribution in [3.63, 3.8) is 0 Å². The lowest BCUT2D eigenvalue weighted by atomic mass is 9.63. The molecule has 174 valence electrons. The van der Waals surface area contributed by atoms with E-state index in [0.29, 0.717) is 12.3 Å². The minimum atomic E-state index is -0.729. The van der Waals surface area contributed by atoms with E-state index in [1.54, 1.807) is 11.3 Å². The van der Waals surface area contributed by atoms with E-state index in [-0.39, 0.29) is 35.9 Å². The van der Waals surface area contributed by atoms with Gasteiger partial charge in [-0.05, 0) is 80.4 Å². The molecule has 5 atom stereocenters. The minimum Gasteiger partial charge on any atom is -0.481 e. The summed E-state index contributed by atoms with van der Waals surface area (Å²) in [6, 6.07) is 4.24. The van der Waals surface area contributed by atoms with Crippen LogP contribution in [0.25, 0.3) is 0 Å². The molecule has 6 heteroatoms. The first-order valence-electron chi connectivity index (χ1n) is 12.1. The number of thiophene rings is 1. The maximum Gasteiger partial charge on any atom is 0.303 e. The van der Waals surface area contributed by atoms with Crippen LogP contribution in [0, 0.1) is 23.2 Å². The van der Waals surface area contributed by atoms with E-state index in [2.05, 4.69) is 17.5 Å². The lowest BCUT2D eigenvalue weighted by Crippen LogP contribution is -2.45. The summed E-state index contributed by atoms with van der Waals surface area (Å²) in [5.74, 6) is -0.0446. The second-order valence-electron chi connectivity index (χ2n) is 9.74. The Kier molecular flexibility index (Phi) is 9.11. The van der Waals surface area contributed by atoms with Gasteiger partial charge in [0.1, 0.15) is 0 Å². The number of aliphatic hydroxyl groups is 2. The summed E-state index contributed by atoms with van der Waals surface area (Å²) in [5.41, 5.74) is -0.0463. The fourth-order valence-corrected chi connectivity index (χ4v) is 6.99. The highest BCUT2D eigenvalue weighted by Gasteiger charge is 2.46. The van der Waals surface area contributed by atoms with Crippen molar-refractivity contribution >= 4 is 23.5 Å². The third kappa shape index (κ3) is 5.96. The van der Waals surface area contributed by atoms with Crippen molar-refractivity contribution in [2.24, 2.45) is 17.8 Å². The Morgan fingerprint density at radius 2 is 1.94 bits per heavy atom. The van der Waals surface area contributed by atoms with E-state index in [0.717, 1.165) is 64.2 Å². The Labute approximate surface area is 190 Å². The number of carboxylic acid groups (broad SMARTS) is 1. The van der Waals surface area contributed by atoms with Gasteiger partial charge in [0.25, 0.3) is 0 Å². The first-order chi connectivity index (χ1) is 15.0. The third-order valence-corrected chi connectivity index (χ3v) is 9.00. The van der Waals surface area contributed by atoms with Crippen molar-refractivity contribution < 1.29 is 20.1 Å². The fourth-order valence-electron chi connectivity index (χ4n) is 5.95. The molecule has 2 saturated carbocycles. The van der Waals surface area contributed by atoms with Crippen LogP contribution in [0.2, 0.25) is 0 Å². The standard InChI is InChI=1S/C25H39NO4S/c26-17-18-16-21(27)20(19(18)8-3-1-2-4-12-24(29)30)9-5-10-22(28)25(13-7-14-25)23-11-6-15-31-23/h6,11,15,17-22,26-28H,1-5,7-10,12-14,16H2,(H,29,30)/t18?,19-,20?,21+,22?/m0/s1. The SMILES string of the molecule is N=CC1C[C@@H](O)C(CCCC(O)C2(c3cccs3)CCC2)[C@H]1CCCCCCC(=O)O. The average molecular weight is 450 g/mol. The highest BCUT2D eigenvalue weighted by molar-refractivity contribution is 7.10. The summed E-state index contributed by atoms with van der Waals surface area (Å²) in [5, 5.41) is 40.3. The number of carboxylic acids is 1. The zero-order valence-electron chi connectivity index (χ0n) is 18.5. The van der Waals surface area contributed by atoms with E-state index < -0.39 is 5.97 Å². The Hall–Kier alpha value is -1.24. The summed E-state index contributed by atoms with van der Waals surface area (Å²) in [7, 11) is 0. The second kappa shape index (κ2) is 11.6. The molecule has 31 heavy (non-hydrogen) atoms. The molecule has 0 saturated heterocycles. The Balaban J connectivity index is 1.46. The van der Waals surface area contributed by atoms with E-state index in [9.17, 15) is 15.0 Å².